The first kappa shape index (κ1) is 9.38. The molecule has 1 heterocycles. The van der Waals surface area contributed by atoms with Gasteiger partial charge in [0.05, 0.1) is 0 Å². The van der Waals surface area contributed by atoms with Crippen molar-refractivity contribution in [3.05, 3.63) is 23.8 Å². The lowest BCUT2D eigenvalue weighted by atomic mass is 10.0. The Morgan fingerprint density at radius 2 is 2.29 bits per heavy atom. The summed E-state index contributed by atoms with van der Waals surface area (Å²) in [6.07, 6.45) is 3.34. The third-order valence-corrected chi connectivity index (χ3v) is 2.82. The zero-order valence-electron chi connectivity index (χ0n) is 8.66. The summed E-state index contributed by atoms with van der Waals surface area (Å²) in [5.41, 5.74) is 2.37. The monoisotopic (exact) mass is 191 g/mol. The van der Waals surface area contributed by atoms with Gasteiger partial charge in [-0.15, -0.1) is 0 Å². The van der Waals surface area contributed by atoms with Crippen LogP contribution in [-0.2, 0) is 6.42 Å². The van der Waals surface area contributed by atoms with E-state index in [4.69, 9.17) is 0 Å². The molecule has 0 atom stereocenters. The maximum atomic E-state index is 9.72. The molecule has 0 aliphatic carbocycles. The van der Waals surface area contributed by atoms with Gasteiger partial charge in [-0.3, -0.25) is 0 Å². The van der Waals surface area contributed by atoms with Gasteiger partial charge in [0.25, 0.3) is 0 Å². The minimum atomic E-state index is 0.461. The van der Waals surface area contributed by atoms with Crippen molar-refractivity contribution in [2.75, 3.05) is 18.0 Å². The van der Waals surface area contributed by atoms with Crippen LogP contribution in [-0.4, -0.2) is 18.2 Å². The van der Waals surface area contributed by atoms with Crippen molar-refractivity contribution < 1.29 is 5.11 Å². The van der Waals surface area contributed by atoms with Crippen molar-refractivity contribution in [2.24, 2.45) is 0 Å². The summed E-state index contributed by atoms with van der Waals surface area (Å²) in [5.74, 6) is 0.461. The lowest BCUT2D eigenvalue weighted by Gasteiger charge is -2.31. The third kappa shape index (κ3) is 1.57. The van der Waals surface area contributed by atoms with Crippen LogP contribution in [0.15, 0.2) is 18.2 Å². The fraction of sp³-hybridized carbons (Fsp3) is 0.500. The minimum Gasteiger partial charge on any atom is -0.508 e. The molecule has 0 aromatic heterocycles. The van der Waals surface area contributed by atoms with E-state index in [2.05, 4.69) is 17.9 Å². The zero-order chi connectivity index (χ0) is 9.97. The highest BCUT2D eigenvalue weighted by atomic mass is 16.3. The van der Waals surface area contributed by atoms with Crippen LogP contribution in [0.5, 0.6) is 5.75 Å². The number of aromatic hydroxyl groups is 1. The first-order valence-electron chi connectivity index (χ1n) is 5.38. The normalized spacial score (nSPS) is 15.4. The van der Waals surface area contributed by atoms with Gasteiger partial charge in [0.2, 0.25) is 0 Å². The van der Waals surface area contributed by atoms with Crippen LogP contribution in [0.2, 0.25) is 0 Å². The quantitative estimate of drug-likeness (QED) is 0.776. The van der Waals surface area contributed by atoms with Gasteiger partial charge < -0.3 is 10.0 Å². The molecule has 1 aromatic carbocycles. The number of fused-ring (bicyclic) bond motifs is 1. The van der Waals surface area contributed by atoms with Gasteiger partial charge >= 0.3 is 0 Å². The van der Waals surface area contributed by atoms with Crippen molar-refractivity contribution in [3.63, 3.8) is 0 Å². The van der Waals surface area contributed by atoms with Crippen molar-refractivity contribution in [1.29, 1.82) is 0 Å². The molecule has 2 heteroatoms. The Morgan fingerprint density at radius 1 is 1.43 bits per heavy atom. The molecular formula is C12H17NO. The highest BCUT2D eigenvalue weighted by Gasteiger charge is 2.17. The SMILES string of the molecule is CCCN1CCCc2c(O)cccc21. The van der Waals surface area contributed by atoms with E-state index < -0.39 is 0 Å². The average Bonchev–Trinajstić information content (AvgIpc) is 2.20. The highest BCUT2D eigenvalue weighted by molar-refractivity contribution is 5.60. The maximum absolute atomic E-state index is 9.72. The van der Waals surface area contributed by atoms with E-state index in [-0.39, 0.29) is 0 Å². The van der Waals surface area contributed by atoms with E-state index in [9.17, 15) is 5.11 Å². The molecule has 0 fully saturated rings. The van der Waals surface area contributed by atoms with Crippen molar-refractivity contribution in [2.45, 2.75) is 26.2 Å². The second-order valence-corrected chi connectivity index (χ2v) is 3.87. The van der Waals surface area contributed by atoms with Crippen LogP contribution in [0.4, 0.5) is 5.69 Å². The fourth-order valence-electron chi connectivity index (χ4n) is 2.18. The number of phenolic OH excluding ortho intramolecular Hbond substituents is 1. The number of hydrogen-bond donors (Lipinski definition) is 1. The average molecular weight is 191 g/mol. The molecule has 0 unspecified atom stereocenters. The Kier molecular flexibility index (Phi) is 2.62. The van der Waals surface area contributed by atoms with Crippen molar-refractivity contribution >= 4 is 5.69 Å². The number of benzene rings is 1. The smallest absolute Gasteiger partial charge is 0.120 e. The lowest BCUT2D eigenvalue weighted by Crippen LogP contribution is -2.29. The molecule has 0 saturated carbocycles. The summed E-state index contributed by atoms with van der Waals surface area (Å²) in [7, 11) is 0. The second-order valence-electron chi connectivity index (χ2n) is 3.87. The summed E-state index contributed by atoms with van der Waals surface area (Å²) in [5, 5.41) is 9.72. The second kappa shape index (κ2) is 3.91. The summed E-state index contributed by atoms with van der Waals surface area (Å²) in [6, 6.07) is 5.83. The Labute approximate surface area is 85.2 Å². The molecule has 1 N–H and O–H groups in total. The van der Waals surface area contributed by atoms with Gasteiger partial charge in [-0.05, 0) is 31.4 Å². The molecular weight excluding hydrogens is 174 g/mol. The van der Waals surface area contributed by atoms with Crippen LogP contribution >= 0.6 is 0 Å². The Balaban J connectivity index is 2.34. The standard InChI is InChI=1S/C12H17NO/c1-2-8-13-9-4-5-10-11(13)6-3-7-12(10)14/h3,6-7,14H,2,4-5,8-9H2,1H3. The predicted molar refractivity (Wildman–Crippen MR) is 58.9 cm³/mol. The summed E-state index contributed by atoms with van der Waals surface area (Å²) >= 11 is 0. The summed E-state index contributed by atoms with van der Waals surface area (Å²) < 4.78 is 0. The van der Waals surface area contributed by atoms with E-state index >= 15 is 0 Å². The van der Waals surface area contributed by atoms with Gasteiger partial charge in [-0.1, -0.05) is 13.0 Å². The van der Waals surface area contributed by atoms with E-state index in [0.29, 0.717) is 5.75 Å². The zero-order valence-corrected chi connectivity index (χ0v) is 8.66. The van der Waals surface area contributed by atoms with E-state index in [0.717, 1.165) is 37.9 Å². The molecule has 1 aliphatic rings. The molecule has 1 aromatic rings. The van der Waals surface area contributed by atoms with Gasteiger partial charge in [0.1, 0.15) is 5.75 Å². The largest absolute Gasteiger partial charge is 0.508 e. The minimum absolute atomic E-state index is 0.461. The Bertz CT molecular complexity index is 322. The molecule has 2 rings (SSSR count). The summed E-state index contributed by atoms with van der Waals surface area (Å²) in [6.45, 7) is 4.41. The van der Waals surface area contributed by atoms with Crippen LogP contribution in [0.3, 0.4) is 0 Å². The third-order valence-electron chi connectivity index (χ3n) is 2.82. The number of anilines is 1. The van der Waals surface area contributed by atoms with Crippen LogP contribution in [0, 0.1) is 0 Å². The van der Waals surface area contributed by atoms with Crippen molar-refractivity contribution in [1.82, 2.24) is 0 Å². The molecule has 14 heavy (non-hydrogen) atoms. The first-order valence-corrected chi connectivity index (χ1v) is 5.38. The van der Waals surface area contributed by atoms with Crippen LogP contribution in [0.25, 0.3) is 0 Å². The molecule has 2 nitrogen and oxygen atoms in total. The summed E-state index contributed by atoms with van der Waals surface area (Å²) in [4.78, 5) is 2.37. The Morgan fingerprint density at radius 3 is 3.07 bits per heavy atom. The molecule has 0 spiro atoms. The first-order chi connectivity index (χ1) is 6.83. The molecule has 0 radical (unpaired) electrons. The lowest BCUT2D eigenvalue weighted by molar-refractivity contribution is 0.464. The molecule has 1 aliphatic heterocycles. The fourth-order valence-corrected chi connectivity index (χ4v) is 2.18. The maximum Gasteiger partial charge on any atom is 0.120 e. The van der Waals surface area contributed by atoms with Gasteiger partial charge in [-0.25, -0.2) is 0 Å². The molecule has 0 amide bonds. The van der Waals surface area contributed by atoms with Gasteiger partial charge in [0, 0.05) is 24.3 Å². The number of nitrogens with zero attached hydrogens (tertiary/aromatic N) is 1. The topological polar surface area (TPSA) is 23.5 Å². The molecule has 76 valence electrons. The highest BCUT2D eigenvalue weighted by Crippen LogP contribution is 2.33. The number of hydrogen-bond acceptors (Lipinski definition) is 2. The predicted octanol–water partition coefficient (Wildman–Crippen LogP) is 2.55. The Hall–Kier alpha value is -1.18. The van der Waals surface area contributed by atoms with Gasteiger partial charge in [0.15, 0.2) is 0 Å². The van der Waals surface area contributed by atoms with E-state index in [1.807, 2.05) is 6.07 Å². The van der Waals surface area contributed by atoms with Crippen LogP contribution < -0.4 is 4.90 Å². The molecule has 0 saturated heterocycles. The van der Waals surface area contributed by atoms with E-state index in [1.54, 1.807) is 6.07 Å². The van der Waals surface area contributed by atoms with Crippen molar-refractivity contribution in [3.8, 4) is 5.75 Å². The number of rotatable bonds is 2. The molecule has 0 bridgehead atoms. The van der Waals surface area contributed by atoms with Gasteiger partial charge in [-0.2, -0.15) is 0 Å². The van der Waals surface area contributed by atoms with Crippen LogP contribution in [0.1, 0.15) is 25.3 Å². The number of phenols is 1. The van der Waals surface area contributed by atoms with E-state index in [1.165, 1.54) is 5.69 Å².